The quantitative estimate of drug-likeness (QED) is 0.833. The number of amides is 1. The topological polar surface area (TPSA) is 49.4 Å². The summed E-state index contributed by atoms with van der Waals surface area (Å²) in [5.74, 6) is 0.220. The normalized spacial score (nSPS) is 14.1. The number of nitrogens with zero attached hydrogens (tertiary/aromatic N) is 1. The van der Waals surface area contributed by atoms with Gasteiger partial charge in [-0.1, -0.05) is 20.8 Å². The molecule has 4 heteroatoms. The predicted octanol–water partition coefficient (Wildman–Crippen LogP) is 2.23. The molecule has 1 amide bonds. The second kappa shape index (κ2) is 6.51. The Morgan fingerprint density at radius 3 is 1.89 bits per heavy atom. The molecule has 0 radical (unpaired) electrons. The van der Waals surface area contributed by atoms with E-state index in [1.54, 1.807) is 11.9 Å². The minimum atomic E-state index is -0.377. The van der Waals surface area contributed by atoms with Crippen LogP contribution in [0.25, 0.3) is 0 Å². The van der Waals surface area contributed by atoms with E-state index in [0.29, 0.717) is 13.0 Å². The molecule has 112 valence electrons. The lowest BCUT2D eigenvalue weighted by Gasteiger charge is -2.32. The molecule has 0 saturated carbocycles. The number of hydrogen-bond donors (Lipinski definition) is 1. The summed E-state index contributed by atoms with van der Waals surface area (Å²) in [6, 6.07) is -0.221. The lowest BCUT2D eigenvalue weighted by atomic mass is 9.84. The van der Waals surface area contributed by atoms with E-state index in [2.05, 4.69) is 5.32 Å². The average Bonchev–Trinajstić information content (AvgIpc) is 2.19. The van der Waals surface area contributed by atoms with Crippen molar-refractivity contribution in [1.82, 2.24) is 10.2 Å². The molecule has 0 bridgehead atoms. The molecular weight excluding hydrogens is 240 g/mol. The van der Waals surface area contributed by atoms with Crippen molar-refractivity contribution in [3.05, 3.63) is 0 Å². The Hall–Kier alpha value is -0.900. The van der Waals surface area contributed by atoms with Crippen LogP contribution in [0, 0.1) is 5.41 Å². The summed E-state index contributed by atoms with van der Waals surface area (Å²) in [4.78, 5) is 25.3. The highest BCUT2D eigenvalue weighted by Crippen LogP contribution is 2.20. The van der Waals surface area contributed by atoms with E-state index in [1.807, 2.05) is 41.5 Å². The summed E-state index contributed by atoms with van der Waals surface area (Å²) in [7, 11) is 1.76. The van der Waals surface area contributed by atoms with E-state index in [4.69, 9.17) is 0 Å². The zero-order chi connectivity index (χ0) is 15.4. The highest BCUT2D eigenvalue weighted by atomic mass is 16.2. The van der Waals surface area contributed by atoms with Gasteiger partial charge in [0.2, 0.25) is 5.91 Å². The largest absolute Gasteiger partial charge is 0.346 e. The Kier molecular flexibility index (Phi) is 6.20. The minimum absolute atomic E-state index is 0.0257. The van der Waals surface area contributed by atoms with E-state index in [1.165, 1.54) is 6.92 Å². The molecule has 4 nitrogen and oxygen atoms in total. The van der Waals surface area contributed by atoms with Gasteiger partial charge in [-0.15, -0.1) is 0 Å². The SMILES string of the molecule is CC(=O)N(C)CCC(NC(C)(C)C)C(=O)C(C)(C)C. The van der Waals surface area contributed by atoms with Crippen LogP contribution in [0.15, 0.2) is 0 Å². The van der Waals surface area contributed by atoms with Crippen LogP contribution in [0.3, 0.4) is 0 Å². The molecule has 0 rings (SSSR count). The third-order valence-corrected chi connectivity index (χ3v) is 2.95. The predicted molar refractivity (Wildman–Crippen MR) is 79.1 cm³/mol. The van der Waals surface area contributed by atoms with Crippen molar-refractivity contribution in [3.8, 4) is 0 Å². The molecule has 0 spiro atoms. The van der Waals surface area contributed by atoms with E-state index in [-0.39, 0.29) is 28.7 Å². The van der Waals surface area contributed by atoms with Gasteiger partial charge in [-0.3, -0.25) is 9.59 Å². The number of ketones is 1. The van der Waals surface area contributed by atoms with Crippen molar-refractivity contribution in [2.75, 3.05) is 13.6 Å². The van der Waals surface area contributed by atoms with Gasteiger partial charge in [-0.25, -0.2) is 0 Å². The van der Waals surface area contributed by atoms with Crippen molar-refractivity contribution in [2.45, 2.75) is 66.5 Å². The number of nitrogens with one attached hydrogen (secondary N) is 1. The first-order chi connectivity index (χ1) is 8.34. The molecule has 0 aliphatic heterocycles. The number of Topliss-reactive ketones (excluding diaryl/α,β-unsaturated/α-hetero) is 1. The molecule has 1 unspecified atom stereocenters. The van der Waals surface area contributed by atoms with Crippen LogP contribution in [0.1, 0.15) is 54.9 Å². The van der Waals surface area contributed by atoms with Gasteiger partial charge in [0, 0.05) is 31.5 Å². The summed E-state index contributed by atoms with van der Waals surface area (Å²) >= 11 is 0. The zero-order valence-corrected chi connectivity index (χ0v) is 13.8. The molecule has 0 fully saturated rings. The molecule has 19 heavy (non-hydrogen) atoms. The molecule has 0 heterocycles. The Bertz CT molecular complexity index is 324. The lowest BCUT2D eigenvalue weighted by molar-refractivity contribution is -0.131. The third-order valence-electron chi connectivity index (χ3n) is 2.95. The second-order valence-electron chi connectivity index (χ2n) is 7.29. The van der Waals surface area contributed by atoms with Crippen molar-refractivity contribution in [3.63, 3.8) is 0 Å². The summed E-state index contributed by atoms with van der Waals surface area (Å²) in [6.07, 6.45) is 0.642. The van der Waals surface area contributed by atoms with Gasteiger partial charge >= 0.3 is 0 Å². The van der Waals surface area contributed by atoms with E-state index < -0.39 is 0 Å². The monoisotopic (exact) mass is 270 g/mol. The van der Waals surface area contributed by atoms with Crippen LogP contribution in [0.2, 0.25) is 0 Å². The van der Waals surface area contributed by atoms with Gasteiger partial charge in [0.15, 0.2) is 5.78 Å². The van der Waals surface area contributed by atoms with Crippen molar-refractivity contribution < 1.29 is 9.59 Å². The fourth-order valence-corrected chi connectivity index (χ4v) is 1.79. The van der Waals surface area contributed by atoms with Gasteiger partial charge in [0.1, 0.15) is 0 Å². The molecule has 1 N–H and O–H groups in total. The Morgan fingerprint density at radius 2 is 1.58 bits per heavy atom. The van der Waals surface area contributed by atoms with Crippen LogP contribution in [0.4, 0.5) is 0 Å². The fraction of sp³-hybridized carbons (Fsp3) is 0.867. The van der Waals surface area contributed by atoms with E-state index in [0.717, 1.165) is 0 Å². The van der Waals surface area contributed by atoms with Crippen LogP contribution in [-0.4, -0.2) is 41.8 Å². The standard InChI is InChI=1S/C15H30N2O2/c1-11(18)17(8)10-9-12(16-15(5,6)7)13(19)14(2,3)4/h12,16H,9-10H2,1-8H3. The van der Waals surface area contributed by atoms with Crippen molar-refractivity contribution in [2.24, 2.45) is 5.41 Å². The minimum Gasteiger partial charge on any atom is -0.346 e. The van der Waals surface area contributed by atoms with Crippen LogP contribution >= 0.6 is 0 Å². The molecule has 0 aliphatic rings. The molecule has 0 aliphatic carbocycles. The van der Waals surface area contributed by atoms with E-state index in [9.17, 15) is 9.59 Å². The first-order valence-electron chi connectivity index (χ1n) is 6.88. The summed E-state index contributed by atoms with van der Waals surface area (Å²) in [6.45, 7) is 14.1. The molecule has 0 aromatic heterocycles. The smallest absolute Gasteiger partial charge is 0.219 e. The van der Waals surface area contributed by atoms with Gasteiger partial charge < -0.3 is 10.2 Å². The maximum atomic E-state index is 12.5. The summed E-state index contributed by atoms with van der Waals surface area (Å²) in [5.41, 5.74) is -0.502. The van der Waals surface area contributed by atoms with Gasteiger partial charge in [-0.2, -0.15) is 0 Å². The Balaban J connectivity index is 4.79. The van der Waals surface area contributed by atoms with Crippen LogP contribution in [0.5, 0.6) is 0 Å². The van der Waals surface area contributed by atoms with Crippen molar-refractivity contribution >= 4 is 11.7 Å². The number of carbonyl (C=O) groups is 2. The lowest BCUT2D eigenvalue weighted by Crippen LogP contribution is -2.52. The van der Waals surface area contributed by atoms with Gasteiger partial charge in [0.05, 0.1) is 6.04 Å². The number of rotatable bonds is 5. The van der Waals surface area contributed by atoms with Gasteiger partial charge in [0.25, 0.3) is 0 Å². The molecule has 0 aromatic carbocycles. The zero-order valence-electron chi connectivity index (χ0n) is 13.8. The van der Waals surface area contributed by atoms with Crippen LogP contribution < -0.4 is 5.32 Å². The third kappa shape index (κ3) is 7.31. The number of carbonyl (C=O) groups excluding carboxylic acids is 2. The maximum absolute atomic E-state index is 12.5. The van der Waals surface area contributed by atoms with E-state index >= 15 is 0 Å². The fourth-order valence-electron chi connectivity index (χ4n) is 1.79. The Labute approximate surface area is 117 Å². The average molecular weight is 270 g/mol. The summed E-state index contributed by atoms with van der Waals surface area (Å²) < 4.78 is 0. The molecular formula is C15H30N2O2. The summed E-state index contributed by atoms with van der Waals surface area (Å²) in [5, 5.41) is 3.37. The highest BCUT2D eigenvalue weighted by molar-refractivity contribution is 5.88. The first kappa shape index (κ1) is 18.1. The molecule has 0 aromatic rings. The van der Waals surface area contributed by atoms with Gasteiger partial charge in [-0.05, 0) is 27.2 Å². The first-order valence-corrected chi connectivity index (χ1v) is 6.88. The number of hydrogen-bond acceptors (Lipinski definition) is 3. The Morgan fingerprint density at radius 1 is 1.11 bits per heavy atom. The van der Waals surface area contributed by atoms with Crippen molar-refractivity contribution in [1.29, 1.82) is 0 Å². The highest BCUT2D eigenvalue weighted by Gasteiger charge is 2.31. The van der Waals surface area contributed by atoms with Crippen LogP contribution in [-0.2, 0) is 9.59 Å². The molecule has 0 saturated heterocycles. The molecule has 1 atom stereocenters. The maximum Gasteiger partial charge on any atom is 0.219 e. The second-order valence-corrected chi connectivity index (χ2v) is 7.29.